The van der Waals surface area contributed by atoms with Crippen LogP contribution in [0.25, 0.3) is 5.70 Å². The molecule has 0 aromatic carbocycles. The molecule has 2 rings (SSSR count). The number of H-pyrrole nitrogens is 1. The van der Waals surface area contributed by atoms with Crippen molar-refractivity contribution in [3.8, 4) is 0 Å². The van der Waals surface area contributed by atoms with Gasteiger partial charge in [-0.1, -0.05) is 0 Å². The van der Waals surface area contributed by atoms with Crippen molar-refractivity contribution in [1.29, 1.82) is 0 Å². The summed E-state index contributed by atoms with van der Waals surface area (Å²) < 4.78 is 0. The molecule has 0 radical (unpaired) electrons. The van der Waals surface area contributed by atoms with Crippen molar-refractivity contribution in [2.24, 2.45) is 0 Å². The molecular formula is C9H12N4O. The molecule has 1 aliphatic rings. The van der Waals surface area contributed by atoms with Gasteiger partial charge in [0.15, 0.2) is 0 Å². The molecule has 1 aromatic heterocycles. The smallest absolute Gasteiger partial charge is 0.240 e. The van der Waals surface area contributed by atoms with E-state index < -0.39 is 0 Å². The Morgan fingerprint density at radius 1 is 1.57 bits per heavy atom. The highest BCUT2D eigenvalue weighted by Crippen LogP contribution is 2.15. The largest absolute Gasteiger partial charge is 0.313 e. The number of aromatic amines is 1. The fourth-order valence-electron chi connectivity index (χ4n) is 1.43. The number of carbonyl (C=O) groups is 1. The SMILES string of the molecule is CN1C(=O)CNCC=C1c1ccn[nH]1. The Morgan fingerprint density at radius 3 is 3.14 bits per heavy atom. The van der Waals surface area contributed by atoms with Crippen LogP contribution in [-0.4, -0.2) is 41.1 Å². The molecule has 5 heteroatoms. The second-order valence-electron chi connectivity index (χ2n) is 3.14. The molecule has 0 saturated carbocycles. The van der Waals surface area contributed by atoms with Crippen molar-refractivity contribution in [1.82, 2.24) is 20.4 Å². The zero-order valence-corrected chi connectivity index (χ0v) is 7.95. The number of nitrogens with zero attached hydrogens (tertiary/aromatic N) is 2. The minimum atomic E-state index is 0.0587. The van der Waals surface area contributed by atoms with Crippen LogP contribution in [0.3, 0.4) is 0 Å². The maximum Gasteiger partial charge on any atom is 0.240 e. The third-order valence-corrected chi connectivity index (χ3v) is 2.23. The highest BCUT2D eigenvalue weighted by atomic mass is 16.2. The summed E-state index contributed by atoms with van der Waals surface area (Å²) in [5.41, 5.74) is 1.74. The number of aromatic nitrogens is 2. The van der Waals surface area contributed by atoms with Crippen LogP contribution in [0.4, 0.5) is 0 Å². The van der Waals surface area contributed by atoms with Gasteiger partial charge in [0.25, 0.3) is 0 Å². The van der Waals surface area contributed by atoms with E-state index >= 15 is 0 Å². The van der Waals surface area contributed by atoms with Gasteiger partial charge in [0.1, 0.15) is 0 Å². The van der Waals surface area contributed by atoms with Crippen molar-refractivity contribution < 1.29 is 4.79 Å². The normalized spacial score (nSPS) is 17.9. The summed E-state index contributed by atoms with van der Waals surface area (Å²) in [5.74, 6) is 0.0587. The molecule has 74 valence electrons. The standard InChI is InChI=1S/C9H12N4O/c1-13-8(7-2-5-11-12-7)3-4-10-6-9(13)14/h2-3,5,10H,4,6H2,1H3,(H,11,12). The number of nitrogens with one attached hydrogen (secondary N) is 2. The Hall–Kier alpha value is -1.62. The topological polar surface area (TPSA) is 61.0 Å². The number of rotatable bonds is 1. The molecule has 0 bridgehead atoms. The van der Waals surface area contributed by atoms with Crippen LogP contribution >= 0.6 is 0 Å². The lowest BCUT2D eigenvalue weighted by Crippen LogP contribution is -2.31. The fraction of sp³-hybridized carbons (Fsp3) is 0.333. The average molecular weight is 192 g/mol. The van der Waals surface area contributed by atoms with Gasteiger partial charge in [-0.25, -0.2) is 0 Å². The molecule has 0 spiro atoms. The van der Waals surface area contributed by atoms with Gasteiger partial charge in [0.05, 0.1) is 17.9 Å². The maximum absolute atomic E-state index is 11.5. The molecule has 2 N–H and O–H groups in total. The highest BCUT2D eigenvalue weighted by Gasteiger charge is 2.17. The minimum Gasteiger partial charge on any atom is -0.313 e. The number of amides is 1. The second-order valence-corrected chi connectivity index (χ2v) is 3.14. The lowest BCUT2D eigenvalue weighted by atomic mass is 10.2. The van der Waals surface area contributed by atoms with Crippen LogP contribution in [0.15, 0.2) is 18.3 Å². The number of likely N-dealkylation sites (N-methyl/N-ethyl adjacent to an activating group) is 1. The Bertz CT molecular complexity index is 355. The van der Waals surface area contributed by atoms with Crippen molar-refractivity contribution in [3.05, 3.63) is 24.0 Å². The van der Waals surface area contributed by atoms with Crippen LogP contribution in [-0.2, 0) is 4.79 Å². The zero-order valence-electron chi connectivity index (χ0n) is 7.95. The van der Waals surface area contributed by atoms with Gasteiger partial charge in [-0.3, -0.25) is 9.89 Å². The Balaban J connectivity index is 2.32. The van der Waals surface area contributed by atoms with E-state index in [2.05, 4.69) is 15.5 Å². The van der Waals surface area contributed by atoms with E-state index in [4.69, 9.17) is 0 Å². The van der Waals surface area contributed by atoms with Gasteiger partial charge in [0.2, 0.25) is 5.91 Å². The first kappa shape index (κ1) is 8.96. The van der Waals surface area contributed by atoms with E-state index in [0.29, 0.717) is 13.1 Å². The summed E-state index contributed by atoms with van der Waals surface area (Å²) in [6.45, 7) is 1.08. The molecule has 2 heterocycles. The summed E-state index contributed by atoms with van der Waals surface area (Å²) >= 11 is 0. The van der Waals surface area contributed by atoms with Gasteiger partial charge in [-0.15, -0.1) is 0 Å². The lowest BCUT2D eigenvalue weighted by molar-refractivity contribution is -0.125. The summed E-state index contributed by atoms with van der Waals surface area (Å²) in [6, 6.07) is 1.85. The van der Waals surface area contributed by atoms with Gasteiger partial charge in [-0.2, -0.15) is 5.10 Å². The molecule has 0 unspecified atom stereocenters. The third kappa shape index (κ3) is 1.54. The molecule has 0 aliphatic carbocycles. The van der Waals surface area contributed by atoms with Crippen molar-refractivity contribution in [3.63, 3.8) is 0 Å². The van der Waals surface area contributed by atoms with Gasteiger partial charge in [0, 0.05) is 19.8 Å². The van der Waals surface area contributed by atoms with Gasteiger partial charge < -0.3 is 10.2 Å². The highest BCUT2D eigenvalue weighted by molar-refractivity contribution is 5.88. The molecule has 1 amide bonds. The zero-order chi connectivity index (χ0) is 9.97. The van der Waals surface area contributed by atoms with Crippen LogP contribution in [0, 0.1) is 0 Å². The van der Waals surface area contributed by atoms with E-state index in [9.17, 15) is 4.79 Å². The fourth-order valence-corrected chi connectivity index (χ4v) is 1.43. The van der Waals surface area contributed by atoms with Crippen LogP contribution < -0.4 is 5.32 Å². The van der Waals surface area contributed by atoms with E-state index in [-0.39, 0.29) is 5.91 Å². The molecular weight excluding hydrogens is 180 g/mol. The monoisotopic (exact) mass is 192 g/mol. The average Bonchev–Trinajstić information content (AvgIpc) is 2.64. The second kappa shape index (κ2) is 3.63. The van der Waals surface area contributed by atoms with Crippen LogP contribution in [0.2, 0.25) is 0 Å². The molecule has 1 aliphatic heterocycles. The summed E-state index contributed by atoms with van der Waals surface area (Å²) in [4.78, 5) is 13.1. The predicted octanol–water partition coefficient (Wildman–Crippen LogP) is -0.188. The van der Waals surface area contributed by atoms with Crippen molar-refractivity contribution in [2.75, 3.05) is 20.1 Å². The summed E-state index contributed by atoms with van der Waals surface area (Å²) in [6.07, 6.45) is 3.64. The van der Waals surface area contributed by atoms with E-state index in [1.165, 1.54) is 0 Å². The Labute approximate surface area is 81.8 Å². The van der Waals surface area contributed by atoms with Crippen LogP contribution in [0.5, 0.6) is 0 Å². The number of hydrogen-bond donors (Lipinski definition) is 2. The van der Waals surface area contributed by atoms with Crippen LogP contribution in [0.1, 0.15) is 5.69 Å². The Morgan fingerprint density at radius 2 is 2.43 bits per heavy atom. The van der Waals surface area contributed by atoms with Crippen molar-refractivity contribution >= 4 is 11.6 Å². The first-order valence-electron chi connectivity index (χ1n) is 4.46. The Kier molecular flexibility index (Phi) is 2.32. The minimum absolute atomic E-state index is 0.0587. The van der Waals surface area contributed by atoms with Gasteiger partial charge in [-0.05, 0) is 12.1 Å². The maximum atomic E-state index is 11.5. The van der Waals surface area contributed by atoms with E-state index in [1.807, 2.05) is 12.1 Å². The van der Waals surface area contributed by atoms with Crippen molar-refractivity contribution in [2.45, 2.75) is 0 Å². The molecule has 1 aromatic rings. The summed E-state index contributed by atoms with van der Waals surface area (Å²) in [5, 5.41) is 9.73. The summed E-state index contributed by atoms with van der Waals surface area (Å²) in [7, 11) is 1.77. The van der Waals surface area contributed by atoms with E-state index in [1.54, 1.807) is 18.1 Å². The lowest BCUT2D eigenvalue weighted by Gasteiger charge is -2.17. The quantitative estimate of drug-likeness (QED) is 0.648. The molecule has 14 heavy (non-hydrogen) atoms. The predicted molar refractivity (Wildman–Crippen MR) is 52.2 cm³/mol. The molecule has 0 fully saturated rings. The number of hydrogen-bond acceptors (Lipinski definition) is 3. The number of carbonyl (C=O) groups excluding carboxylic acids is 1. The van der Waals surface area contributed by atoms with Gasteiger partial charge >= 0.3 is 0 Å². The first-order chi connectivity index (χ1) is 6.79. The van der Waals surface area contributed by atoms with E-state index in [0.717, 1.165) is 11.4 Å². The third-order valence-electron chi connectivity index (χ3n) is 2.23. The molecule has 0 saturated heterocycles. The molecule has 0 atom stereocenters. The first-order valence-corrected chi connectivity index (χ1v) is 4.46. The molecule has 5 nitrogen and oxygen atoms in total.